The van der Waals surface area contributed by atoms with E-state index < -0.39 is 0 Å². The lowest BCUT2D eigenvalue weighted by atomic mass is 10.0. The third-order valence-corrected chi connectivity index (χ3v) is 2.90. The third kappa shape index (κ3) is 2.13. The summed E-state index contributed by atoms with van der Waals surface area (Å²) in [5, 5.41) is 0. The number of hydrogen-bond donors (Lipinski definition) is 1. The summed E-state index contributed by atoms with van der Waals surface area (Å²) in [4.78, 5) is 8.74. The highest BCUT2D eigenvalue weighted by molar-refractivity contribution is 5.76. The zero-order valence-corrected chi connectivity index (χ0v) is 10.7. The molecule has 3 heteroatoms. The van der Waals surface area contributed by atoms with E-state index in [9.17, 15) is 0 Å². The monoisotopic (exact) mass is 227 g/mol. The average Bonchev–Trinajstić information content (AvgIpc) is 2.27. The van der Waals surface area contributed by atoms with Crippen LogP contribution in [0, 0.1) is 27.7 Å². The predicted molar refractivity (Wildman–Crippen MR) is 70.8 cm³/mol. The molecule has 0 bridgehead atoms. The standard InChI is InChI=1S/C14H17N3/c1-8-5-6-9(2)12(7-8)14-13(15)10(3)16-11(4)17-14/h5-7H,15H2,1-4H3. The fourth-order valence-electron chi connectivity index (χ4n) is 1.92. The van der Waals surface area contributed by atoms with Crippen LogP contribution in [-0.4, -0.2) is 9.97 Å². The molecule has 0 saturated carbocycles. The van der Waals surface area contributed by atoms with Crippen molar-refractivity contribution in [3.8, 4) is 11.3 Å². The van der Waals surface area contributed by atoms with E-state index in [1.165, 1.54) is 11.1 Å². The Hall–Kier alpha value is -1.90. The Morgan fingerprint density at radius 3 is 2.41 bits per heavy atom. The normalized spacial score (nSPS) is 10.6. The number of rotatable bonds is 1. The lowest BCUT2D eigenvalue weighted by molar-refractivity contribution is 1.02. The van der Waals surface area contributed by atoms with Crippen LogP contribution in [0.3, 0.4) is 0 Å². The van der Waals surface area contributed by atoms with Crippen LogP contribution < -0.4 is 5.73 Å². The summed E-state index contributed by atoms with van der Waals surface area (Å²) in [7, 11) is 0. The largest absolute Gasteiger partial charge is 0.395 e. The molecule has 1 aromatic heterocycles. The van der Waals surface area contributed by atoms with Gasteiger partial charge in [0.25, 0.3) is 0 Å². The molecule has 0 atom stereocenters. The Kier molecular flexibility index (Phi) is 2.84. The van der Waals surface area contributed by atoms with Gasteiger partial charge in [0.1, 0.15) is 5.82 Å². The minimum absolute atomic E-state index is 0.671. The molecule has 2 aromatic rings. The first-order valence-electron chi connectivity index (χ1n) is 5.67. The van der Waals surface area contributed by atoms with Crippen LogP contribution in [0.4, 0.5) is 5.69 Å². The van der Waals surface area contributed by atoms with Gasteiger partial charge in [-0.1, -0.05) is 17.7 Å². The predicted octanol–water partition coefficient (Wildman–Crippen LogP) is 2.96. The van der Waals surface area contributed by atoms with Crippen molar-refractivity contribution < 1.29 is 0 Å². The van der Waals surface area contributed by atoms with E-state index in [1.54, 1.807) is 0 Å². The number of nitrogen functional groups attached to an aromatic ring is 1. The minimum Gasteiger partial charge on any atom is -0.395 e. The van der Waals surface area contributed by atoms with Crippen molar-refractivity contribution in [2.75, 3.05) is 5.73 Å². The van der Waals surface area contributed by atoms with Gasteiger partial charge in [-0.25, -0.2) is 9.97 Å². The van der Waals surface area contributed by atoms with Crippen molar-refractivity contribution in [3.05, 3.63) is 40.8 Å². The number of nitrogens with two attached hydrogens (primary N) is 1. The number of nitrogens with zero attached hydrogens (tertiary/aromatic N) is 2. The van der Waals surface area contributed by atoms with Crippen molar-refractivity contribution >= 4 is 5.69 Å². The van der Waals surface area contributed by atoms with E-state index in [4.69, 9.17) is 5.73 Å². The maximum atomic E-state index is 6.08. The van der Waals surface area contributed by atoms with Crippen LogP contribution in [0.2, 0.25) is 0 Å². The fraction of sp³-hybridized carbons (Fsp3) is 0.286. The maximum Gasteiger partial charge on any atom is 0.126 e. The van der Waals surface area contributed by atoms with E-state index in [-0.39, 0.29) is 0 Å². The summed E-state index contributed by atoms with van der Waals surface area (Å²) in [6.45, 7) is 7.95. The Morgan fingerprint density at radius 2 is 1.71 bits per heavy atom. The number of anilines is 1. The quantitative estimate of drug-likeness (QED) is 0.814. The Morgan fingerprint density at radius 1 is 1.00 bits per heavy atom. The number of hydrogen-bond acceptors (Lipinski definition) is 3. The second-order valence-electron chi connectivity index (χ2n) is 4.44. The average molecular weight is 227 g/mol. The molecule has 2 N–H and O–H groups in total. The number of benzene rings is 1. The van der Waals surface area contributed by atoms with Gasteiger partial charge in [0.2, 0.25) is 0 Å². The van der Waals surface area contributed by atoms with Gasteiger partial charge in [-0.05, 0) is 39.3 Å². The summed E-state index contributed by atoms with van der Waals surface area (Å²) in [5.41, 5.74) is 11.9. The molecule has 0 amide bonds. The van der Waals surface area contributed by atoms with Crippen LogP contribution >= 0.6 is 0 Å². The summed E-state index contributed by atoms with van der Waals surface area (Å²) in [6, 6.07) is 6.31. The van der Waals surface area contributed by atoms with Gasteiger partial charge in [-0.15, -0.1) is 0 Å². The molecular formula is C14H17N3. The van der Waals surface area contributed by atoms with E-state index in [1.807, 2.05) is 13.8 Å². The van der Waals surface area contributed by atoms with E-state index in [0.717, 1.165) is 22.8 Å². The summed E-state index contributed by atoms with van der Waals surface area (Å²) >= 11 is 0. The first-order valence-corrected chi connectivity index (χ1v) is 5.67. The second-order valence-corrected chi connectivity index (χ2v) is 4.44. The van der Waals surface area contributed by atoms with Crippen LogP contribution in [-0.2, 0) is 0 Å². The molecule has 0 spiro atoms. The molecule has 88 valence electrons. The van der Waals surface area contributed by atoms with Crippen LogP contribution in [0.5, 0.6) is 0 Å². The van der Waals surface area contributed by atoms with Gasteiger partial charge in [-0.3, -0.25) is 0 Å². The fourth-order valence-corrected chi connectivity index (χ4v) is 1.92. The SMILES string of the molecule is Cc1ccc(C)c(-c2nc(C)nc(C)c2N)c1. The third-order valence-electron chi connectivity index (χ3n) is 2.90. The topological polar surface area (TPSA) is 51.8 Å². The molecule has 0 aliphatic rings. The first kappa shape index (κ1) is 11.6. The van der Waals surface area contributed by atoms with E-state index in [2.05, 4.69) is 42.0 Å². The summed E-state index contributed by atoms with van der Waals surface area (Å²) < 4.78 is 0. The summed E-state index contributed by atoms with van der Waals surface area (Å²) in [6.07, 6.45) is 0. The van der Waals surface area contributed by atoms with E-state index >= 15 is 0 Å². The molecule has 0 fully saturated rings. The Bertz CT molecular complexity index is 574. The van der Waals surface area contributed by atoms with Crippen molar-refractivity contribution in [1.29, 1.82) is 0 Å². The highest BCUT2D eigenvalue weighted by Crippen LogP contribution is 2.29. The molecule has 0 saturated heterocycles. The van der Waals surface area contributed by atoms with Gasteiger partial charge in [0, 0.05) is 5.56 Å². The number of aryl methyl sites for hydroxylation is 4. The highest BCUT2D eigenvalue weighted by Gasteiger charge is 2.11. The smallest absolute Gasteiger partial charge is 0.126 e. The molecule has 0 radical (unpaired) electrons. The van der Waals surface area contributed by atoms with Crippen molar-refractivity contribution in [1.82, 2.24) is 9.97 Å². The van der Waals surface area contributed by atoms with Gasteiger partial charge in [0.05, 0.1) is 17.1 Å². The van der Waals surface area contributed by atoms with Gasteiger partial charge < -0.3 is 5.73 Å². The van der Waals surface area contributed by atoms with Crippen LogP contribution in [0.1, 0.15) is 22.6 Å². The van der Waals surface area contributed by atoms with Crippen molar-refractivity contribution in [2.24, 2.45) is 0 Å². The Labute approximate surface area is 102 Å². The molecule has 17 heavy (non-hydrogen) atoms. The molecular weight excluding hydrogens is 210 g/mol. The van der Waals surface area contributed by atoms with Gasteiger partial charge in [-0.2, -0.15) is 0 Å². The first-order chi connectivity index (χ1) is 7.99. The van der Waals surface area contributed by atoms with Crippen LogP contribution in [0.25, 0.3) is 11.3 Å². The van der Waals surface area contributed by atoms with Crippen LogP contribution in [0.15, 0.2) is 18.2 Å². The highest BCUT2D eigenvalue weighted by atomic mass is 14.9. The minimum atomic E-state index is 0.671. The zero-order chi connectivity index (χ0) is 12.6. The zero-order valence-electron chi connectivity index (χ0n) is 10.7. The molecule has 1 aromatic carbocycles. The molecule has 1 heterocycles. The second kappa shape index (κ2) is 4.17. The number of aromatic nitrogens is 2. The molecule has 3 nitrogen and oxygen atoms in total. The maximum absolute atomic E-state index is 6.08. The van der Waals surface area contributed by atoms with E-state index in [0.29, 0.717) is 5.69 Å². The van der Waals surface area contributed by atoms with Gasteiger partial charge in [0.15, 0.2) is 0 Å². The molecule has 0 unspecified atom stereocenters. The summed E-state index contributed by atoms with van der Waals surface area (Å²) in [5.74, 6) is 0.757. The van der Waals surface area contributed by atoms with Crippen molar-refractivity contribution in [3.63, 3.8) is 0 Å². The Balaban J connectivity index is 2.72. The lowest BCUT2D eigenvalue weighted by Crippen LogP contribution is -2.03. The molecule has 0 aliphatic carbocycles. The molecule has 0 aliphatic heterocycles. The molecule has 2 rings (SSSR count). The van der Waals surface area contributed by atoms with Crippen molar-refractivity contribution in [2.45, 2.75) is 27.7 Å². The lowest BCUT2D eigenvalue weighted by Gasteiger charge is -2.11. The van der Waals surface area contributed by atoms with Gasteiger partial charge >= 0.3 is 0 Å².